The Hall–Kier alpha value is -3.22. The number of rotatable bonds is 8. The van der Waals surface area contributed by atoms with Gasteiger partial charge in [0.05, 0.1) is 0 Å². The topological polar surface area (TPSA) is 101 Å². The van der Waals surface area contributed by atoms with Crippen LogP contribution in [-0.4, -0.2) is 29.8 Å². The van der Waals surface area contributed by atoms with Crippen LogP contribution < -0.4 is 16.4 Å². The third-order valence-electron chi connectivity index (χ3n) is 4.39. The van der Waals surface area contributed by atoms with Gasteiger partial charge in [-0.2, -0.15) is 0 Å². The van der Waals surface area contributed by atoms with Crippen LogP contribution in [-0.2, 0) is 27.2 Å². The summed E-state index contributed by atoms with van der Waals surface area (Å²) in [6, 6.07) is 11.3. The minimum atomic E-state index is -0.918. The van der Waals surface area contributed by atoms with Gasteiger partial charge in [0.1, 0.15) is 17.9 Å². The average molecular weight is 385 g/mol. The molecule has 7 heteroatoms. The highest BCUT2D eigenvalue weighted by atomic mass is 19.1. The highest BCUT2D eigenvalue weighted by molar-refractivity contribution is 5.91. The van der Waals surface area contributed by atoms with Gasteiger partial charge in [-0.3, -0.25) is 14.4 Å². The van der Waals surface area contributed by atoms with E-state index in [1.165, 1.54) is 31.2 Å². The van der Waals surface area contributed by atoms with Crippen molar-refractivity contribution in [3.63, 3.8) is 0 Å². The molecular weight excluding hydrogens is 361 g/mol. The van der Waals surface area contributed by atoms with E-state index in [4.69, 9.17) is 5.73 Å². The molecule has 6 nitrogen and oxygen atoms in total. The summed E-state index contributed by atoms with van der Waals surface area (Å²) in [7, 11) is 0. The molecule has 0 fully saturated rings. The predicted molar refractivity (Wildman–Crippen MR) is 104 cm³/mol. The number of carbonyl (C=O) groups excluding carboxylic acids is 3. The van der Waals surface area contributed by atoms with Crippen molar-refractivity contribution in [2.45, 2.75) is 38.8 Å². The number of nitrogens with two attached hydrogens (primary N) is 1. The Kier molecular flexibility index (Phi) is 7.26. The molecule has 3 amide bonds. The van der Waals surface area contributed by atoms with E-state index in [2.05, 4.69) is 10.6 Å². The lowest BCUT2D eigenvalue weighted by atomic mass is 9.99. The average Bonchev–Trinajstić information content (AvgIpc) is 2.63. The Morgan fingerprint density at radius 2 is 1.61 bits per heavy atom. The maximum absolute atomic E-state index is 13.1. The van der Waals surface area contributed by atoms with Gasteiger partial charge >= 0.3 is 0 Å². The fraction of sp³-hybridized carbons (Fsp3) is 0.286. The SMILES string of the molecule is CC(=O)N[C@H](Cc1ccc(F)cc1)C(=O)N[C@@H](Cc1ccccc1C)C(N)=O. The molecule has 0 saturated carbocycles. The molecular formula is C21H24FN3O3. The second-order valence-electron chi connectivity index (χ2n) is 6.68. The lowest BCUT2D eigenvalue weighted by molar-refractivity contribution is -0.130. The fourth-order valence-corrected chi connectivity index (χ4v) is 2.86. The summed E-state index contributed by atoms with van der Waals surface area (Å²) in [5.74, 6) is -1.98. The van der Waals surface area contributed by atoms with Gasteiger partial charge in [-0.05, 0) is 35.7 Å². The summed E-state index contributed by atoms with van der Waals surface area (Å²) in [4.78, 5) is 36.1. The van der Waals surface area contributed by atoms with Crippen LogP contribution in [0.2, 0.25) is 0 Å². The molecule has 148 valence electrons. The highest BCUT2D eigenvalue weighted by Gasteiger charge is 2.25. The van der Waals surface area contributed by atoms with Gasteiger partial charge < -0.3 is 16.4 Å². The first-order valence-electron chi connectivity index (χ1n) is 8.92. The number of nitrogens with one attached hydrogen (secondary N) is 2. The van der Waals surface area contributed by atoms with Crippen LogP contribution in [0.1, 0.15) is 23.6 Å². The Labute approximate surface area is 163 Å². The Morgan fingerprint density at radius 1 is 0.964 bits per heavy atom. The van der Waals surface area contributed by atoms with E-state index in [9.17, 15) is 18.8 Å². The lowest BCUT2D eigenvalue weighted by Crippen LogP contribution is -2.54. The monoisotopic (exact) mass is 385 g/mol. The Bertz CT molecular complexity index is 852. The molecule has 0 heterocycles. The number of amides is 3. The minimum absolute atomic E-state index is 0.154. The van der Waals surface area contributed by atoms with Gasteiger partial charge in [0.15, 0.2) is 0 Å². The maximum Gasteiger partial charge on any atom is 0.243 e. The summed E-state index contributed by atoms with van der Waals surface area (Å²) in [6.45, 7) is 3.20. The van der Waals surface area contributed by atoms with Crippen LogP contribution in [0.15, 0.2) is 48.5 Å². The quantitative estimate of drug-likeness (QED) is 0.640. The zero-order valence-electron chi connectivity index (χ0n) is 15.9. The van der Waals surface area contributed by atoms with Gasteiger partial charge in [-0.25, -0.2) is 4.39 Å². The normalized spacial score (nSPS) is 12.7. The van der Waals surface area contributed by atoms with Crippen LogP contribution in [0.3, 0.4) is 0 Å². The van der Waals surface area contributed by atoms with E-state index in [1.807, 2.05) is 31.2 Å². The van der Waals surface area contributed by atoms with Crippen LogP contribution in [0, 0.1) is 12.7 Å². The first-order valence-corrected chi connectivity index (χ1v) is 8.92. The molecule has 0 bridgehead atoms. The predicted octanol–water partition coefficient (Wildman–Crippen LogP) is 1.39. The molecule has 0 aliphatic heterocycles. The molecule has 0 unspecified atom stereocenters. The molecule has 0 saturated heterocycles. The van der Waals surface area contributed by atoms with Gasteiger partial charge in [-0.1, -0.05) is 36.4 Å². The van der Waals surface area contributed by atoms with E-state index in [1.54, 1.807) is 0 Å². The van der Waals surface area contributed by atoms with E-state index < -0.39 is 35.6 Å². The second-order valence-corrected chi connectivity index (χ2v) is 6.68. The summed E-state index contributed by atoms with van der Waals surface area (Å²) in [5.41, 5.74) is 8.01. The molecule has 0 aromatic heterocycles. The van der Waals surface area contributed by atoms with E-state index in [0.29, 0.717) is 5.56 Å². The Morgan fingerprint density at radius 3 is 2.18 bits per heavy atom. The number of halogens is 1. The van der Waals surface area contributed by atoms with E-state index >= 15 is 0 Å². The van der Waals surface area contributed by atoms with Crippen molar-refractivity contribution < 1.29 is 18.8 Å². The number of hydrogen-bond acceptors (Lipinski definition) is 3. The van der Waals surface area contributed by atoms with Gasteiger partial charge in [0.25, 0.3) is 0 Å². The minimum Gasteiger partial charge on any atom is -0.368 e. The second kappa shape index (κ2) is 9.64. The number of primary amides is 1. The number of benzene rings is 2. The maximum atomic E-state index is 13.1. The first kappa shape index (κ1) is 21.1. The largest absolute Gasteiger partial charge is 0.368 e. The van der Waals surface area contributed by atoms with Crippen LogP contribution >= 0.6 is 0 Å². The highest BCUT2D eigenvalue weighted by Crippen LogP contribution is 2.11. The Balaban J connectivity index is 2.14. The molecule has 2 aromatic rings. The molecule has 4 N–H and O–H groups in total. The van der Waals surface area contributed by atoms with Crippen LogP contribution in [0.5, 0.6) is 0 Å². The van der Waals surface area contributed by atoms with Crippen molar-refractivity contribution in [2.75, 3.05) is 0 Å². The van der Waals surface area contributed by atoms with Crippen molar-refractivity contribution in [1.29, 1.82) is 0 Å². The summed E-state index contributed by atoms with van der Waals surface area (Å²) < 4.78 is 13.1. The zero-order valence-corrected chi connectivity index (χ0v) is 15.9. The van der Waals surface area contributed by atoms with E-state index in [-0.39, 0.29) is 12.8 Å². The molecule has 2 aromatic carbocycles. The van der Waals surface area contributed by atoms with Gasteiger partial charge in [0.2, 0.25) is 17.7 Å². The summed E-state index contributed by atoms with van der Waals surface area (Å²) in [6.07, 6.45) is 0.401. The van der Waals surface area contributed by atoms with Crippen molar-refractivity contribution >= 4 is 17.7 Å². The van der Waals surface area contributed by atoms with Crippen molar-refractivity contribution in [3.8, 4) is 0 Å². The van der Waals surface area contributed by atoms with Gasteiger partial charge in [0, 0.05) is 19.8 Å². The molecule has 0 aliphatic rings. The van der Waals surface area contributed by atoms with Crippen molar-refractivity contribution in [3.05, 3.63) is 71.0 Å². The van der Waals surface area contributed by atoms with Crippen LogP contribution in [0.25, 0.3) is 0 Å². The summed E-state index contributed by atoms with van der Waals surface area (Å²) >= 11 is 0. The lowest BCUT2D eigenvalue weighted by Gasteiger charge is -2.22. The first-order chi connectivity index (χ1) is 13.3. The van der Waals surface area contributed by atoms with Crippen molar-refractivity contribution in [2.24, 2.45) is 5.73 Å². The number of aryl methyl sites for hydroxylation is 1. The molecule has 0 aliphatic carbocycles. The fourth-order valence-electron chi connectivity index (χ4n) is 2.86. The molecule has 0 spiro atoms. The third kappa shape index (κ3) is 6.19. The number of carbonyl (C=O) groups is 3. The standard InChI is InChI=1S/C21H24FN3O3/c1-13-5-3-4-6-16(13)12-18(20(23)27)25-21(28)19(24-14(2)26)11-15-7-9-17(22)10-8-15/h3-10,18-19H,11-12H2,1-2H3,(H2,23,27)(H,24,26)(H,25,28)/t18-,19+/m0/s1. The van der Waals surface area contributed by atoms with Crippen molar-refractivity contribution in [1.82, 2.24) is 10.6 Å². The van der Waals surface area contributed by atoms with Crippen LogP contribution in [0.4, 0.5) is 4.39 Å². The molecule has 28 heavy (non-hydrogen) atoms. The molecule has 2 atom stereocenters. The number of hydrogen-bond donors (Lipinski definition) is 3. The summed E-state index contributed by atoms with van der Waals surface area (Å²) in [5, 5.41) is 5.19. The third-order valence-corrected chi connectivity index (χ3v) is 4.39. The van der Waals surface area contributed by atoms with E-state index in [0.717, 1.165) is 11.1 Å². The smallest absolute Gasteiger partial charge is 0.243 e. The molecule has 0 radical (unpaired) electrons. The zero-order chi connectivity index (χ0) is 20.7. The molecule has 2 rings (SSSR count). The van der Waals surface area contributed by atoms with Gasteiger partial charge in [-0.15, -0.1) is 0 Å².